The Balaban J connectivity index is 1.96. The van der Waals surface area contributed by atoms with Crippen LogP contribution in [0.25, 0.3) is 6.08 Å². The summed E-state index contributed by atoms with van der Waals surface area (Å²) in [5, 5.41) is 0. The molecule has 2 N–H and O–H groups in total. The van der Waals surface area contributed by atoms with Crippen LogP contribution in [0.4, 0.5) is 4.39 Å². The van der Waals surface area contributed by atoms with Gasteiger partial charge in [0.05, 0.1) is 0 Å². The van der Waals surface area contributed by atoms with Gasteiger partial charge in [-0.25, -0.2) is 4.39 Å². The number of halogens is 1. The lowest BCUT2D eigenvalue weighted by Crippen LogP contribution is -2.45. The van der Waals surface area contributed by atoms with Crippen LogP contribution in [0.15, 0.2) is 30.3 Å². The Labute approximate surface area is 106 Å². The second-order valence-electron chi connectivity index (χ2n) is 4.57. The van der Waals surface area contributed by atoms with E-state index < -0.39 is 0 Å². The third-order valence-corrected chi connectivity index (χ3v) is 3.06. The average molecular weight is 248 g/mol. The molecule has 4 heteroatoms. The molecular weight excluding hydrogens is 231 g/mol. The largest absolute Gasteiger partial charge is 0.338 e. The van der Waals surface area contributed by atoms with E-state index in [1.54, 1.807) is 23.1 Å². The first kappa shape index (κ1) is 12.8. The van der Waals surface area contributed by atoms with Crippen LogP contribution in [0.3, 0.4) is 0 Å². The Bertz CT molecular complexity index is 442. The minimum absolute atomic E-state index is 0.0329. The third-order valence-electron chi connectivity index (χ3n) is 3.06. The van der Waals surface area contributed by atoms with E-state index in [4.69, 9.17) is 5.73 Å². The fourth-order valence-electron chi connectivity index (χ4n) is 2.06. The standard InChI is InChI=1S/C14H17FN2O/c15-12-6-3-11(4-7-12)5-8-14(18)17-9-1-2-13(16)10-17/h3-8,13H,1-2,9-10,16H2/b8-5+/t13-/m1/s1. The van der Waals surface area contributed by atoms with Crippen LogP contribution in [-0.4, -0.2) is 29.9 Å². The van der Waals surface area contributed by atoms with Crippen molar-refractivity contribution in [3.63, 3.8) is 0 Å². The molecule has 1 aromatic rings. The highest BCUT2D eigenvalue weighted by molar-refractivity contribution is 5.91. The predicted molar refractivity (Wildman–Crippen MR) is 69.2 cm³/mol. The molecule has 0 unspecified atom stereocenters. The molecule has 1 heterocycles. The van der Waals surface area contributed by atoms with Crippen LogP contribution in [0, 0.1) is 5.82 Å². The maximum Gasteiger partial charge on any atom is 0.246 e. The highest BCUT2D eigenvalue weighted by Crippen LogP contribution is 2.10. The molecule has 0 spiro atoms. The predicted octanol–water partition coefficient (Wildman–Crippen LogP) is 1.79. The van der Waals surface area contributed by atoms with Crippen LogP contribution in [0.5, 0.6) is 0 Å². The van der Waals surface area contributed by atoms with Crippen LogP contribution in [0.1, 0.15) is 18.4 Å². The molecule has 0 aromatic heterocycles. The van der Waals surface area contributed by atoms with Gasteiger partial charge in [0, 0.05) is 25.2 Å². The van der Waals surface area contributed by atoms with E-state index >= 15 is 0 Å². The summed E-state index contributed by atoms with van der Waals surface area (Å²) in [6, 6.07) is 6.12. The molecule has 0 bridgehead atoms. The molecule has 0 radical (unpaired) electrons. The van der Waals surface area contributed by atoms with Gasteiger partial charge in [-0.2, -0.15) is 0 Å². The van der Waals surface area contributed by atoms with Gasteiger partial charge in [0.15, 0.2) is 0 Å². The van der Waals surface area contributed by atoms with Gasteiger partial charge >= 0.3 is 0 Å². The second kappa shape index (κ2) is 5.78. The maximum absolute atomic E-state index is 12.7. The zero-order chi connectivity index (χ0) is 13.0. The molecular formula is C14H17FN2O. The highest BCUT2D eigenvalue weighted by Gasteiger charge is 2.19. The van der Waals surface area contributed by atoms with Gasteiger partial charge in [-0.1, -0.05) is 12.1 Å². The van der Waals surface area contributed by atoms with E-state index in [1.165, 1.54) is 18.2 Å². The SMILES string of the molecule is N[C@@H]1CCCN(C(=O)/C=C/c2ccc(F)cc2)C1. The normalized spacial score (nSPS) is 20.3. The van der Waals surface area contributed by atoms with Crippen molar-refractivity contribution in [1.82, 2.24) is 4.90 Å². The number of hydrogen-bond acceptors (Lipinski definition) is 2. The smallest absolute Gasteiger partial charge is 0.246 e. The highest BCUT2D eigenvalue weighted by atomic mass is 19.1. The van der Waals surface area contributed by atoms with E-state index in [2.05, 4.69) is 0 Å². The first-order chi connectivity index (χ1) is 8.65. The number of rotatable bonds is 2. The average Bonchev–Trinajstić information content (AvgIpc) is 2.38. The third kappa shape index (κ3) is 3.40. The van der Waals surface area contributed by atoms with Crippen molar-refractivity contribution in [3.05, 3.63) is 41.7 Å². The van der Waals surface area contributed by atoms with Crippen molar-refractivity contribution in [2.24, 2.45) is 5.73 Å². The number of piperidine rings is 1. The number of benzene rings is 1. The van der Waals surface area contributed by atoms with Gasteiger partial charge in [0.2, 0.25) is 5.91 Å². The Morgan fingerprint density at radius 3 is 2.78 bits per heavy atom. The number of likely N-dealkylation sites (tertiary alicyclic amines) is 1. The van der Waals surface area contributed by atoms with E-state index in [0.29, 0.717) is 6.54 Å². The zero-order valence-corrected chi connectivity index (χ0v) is 10.2. The quantitative estimate of drug-likeness (QED) is 0.811. The summed E-state index contributed by atoms with van der Waals surface area (Å²) in [6.07, 6.45) is 5.15. The summed E-state index contributed by atoms with van der Waals surface area (Å²) >= 11 is 0. The molecule has 1 aliphatic heterocycles. The summed E-state index contributed by atoms with van der Waals surface area (Å²) in [4.78, 5) is 13.7. The number of hydrogen-bond donors (Lipinski definition) is 1. The van der Waals surface area contributed by atoms with Crippen molar-refractivity contribution in [2.75, 3.05) is 13.1 Å². The van der Waals surface area contributed by atoms with Crippen molar-refractivity contribution < 1.29 is 9.18 Å². The van der Waals surface area contributed by atoms with Crippen LogP contribution in [0.2, 0.25) is 0 Å². The number of nitrogens with two attached hydrogens (primary N) is 1. The first-order valence-electron chi connectivity index (χ1n) is 6.13. The molecule has 96 valence electrons. The van der Waals surface area contributed by atoms with Crippen molar-refractivity contribution in [2.45, 2.75) is 18.9 Å². The Morgan fingerprint density at radius 2 is 2.11 bits per heavy atom. The minimum atomic E-state index is -0.277. The van der Waals surface area contributed by atoms with Gasteiger partial charge in [0.1, 0.15) is 5.82 Å². The zero-order valence-electron chi connectivity index (χ0n) is 10.2. The molecule has 1 amide bonds. The first-order valence-corrected chi connectivity index (χ1v) is 6.13. The van der Waals surface area contributed by atoms with E-state index in [0.717, 1.165) is 24.9 Å². The summed E-state index contributed by atoms with van der Waals surface area (Å²) < 4.78 is 12.7. The molecule has 0 saturated carbocycles. The fourth-order valence-corrected chi connectivity index (χ4v) is 2.06. The van der Waals surface area contributed by atoms with Gasteiger partial charge < -0.3 is 10.6 Å². The Kier molecular flexibility index (Phi) is 4.10. The number of nitrogens with zero attached hydrogens (tertiary/aromatic N) is 1. The molecule has 2 rings (SSSR count). The van der Waals surface area contributed by atoms with Crippen molar-refractivity contribution >= 4 is 12.0 Å². The maximum atomic E-state index is 12.7. The fraction of sp³-hybridized carbons (Fsp3) is 0.357. The van der Waals surface area contributed by atoms with Crippen molar-refractivity contribution in [3.8, 4) is 0 Å². The topological polar surface area (TPSA) is 46.3 Å². The van der Waals surface area contributed by atoms with Gasteiger partial charge in [-0.15, -0.1) is 0 Å². The molecule has 1 aliphatic rings. The van der Waals surface area contributed by atoms with Crippen LogP contribution < -0.4 is 5.73 Å². The molecule has 1 saturated heterocycles. The molecule has 3 nitrogen and oxygen atoms in total. The Morgan fingerprint density at radius 1 is 1.39 bits per heavy atom. The molecule has 1 atom stereocenters. The molecule has 0 aliphatic carbocycles. The van der Waals surface area contributed by atoms with Gasteiger partial charge in [-0.3, -0.25) is 4.79 Å². The van der Waals surface area contributed by atoms with Crippen molar-refractivity contribution in [1.29, 1.82) is 0 Å². The number of amides is 1. The van der Waals surface area contributed by atoms with Crippen LogP contribution >= 0.6 is 0 Å². The summed E-state index contributed by atoms with van der Waals surface area (Å²) in [6.45, 7) is 1.38. The van der Waals surface area contributed by atoms with E-state index in [9.17, 15) is 9.18 Å². The number of carbonyl (C=O) groups excluding carboxylic acids is 1. The molecule has 18 heavy (non-hydrogen) atoms. The van der Waals surface area contributed by atoms with E-state index in [1.807, 2.05) is 0 Å². The molecule has 1 fully saturated rings. The van der Waals surface area contributed by atoms with Gasteiger partial charge in [-0.05, 0) is 36.6 Å². The second-order valence-corrected chi connectivity index (χ2v) is 4.57. The van der Waals surface area contributed by atoms with Gasteiger partial charge in [0.25, 0.3) is 0 Å². The lowest BCUT2D eigenvalue weighted by Gasteiger charge is -2.29. The van der Waals surface area contributed by atoms with E-state index in [-0.39, 0.29) is 17.8 Å². The minimum Gasteiger partial charge on any atom is -0.338 e. The Hall–Kier alpha value is -1.68. The summed E-state index contributed by atoms with van der Waals surface area (Å²) in [7, 11) is 0. The summed E-state index contributed by atoms with van der Waals surface area (Å²) in [5.74, 6) is -0.310. The van der Waals surface area contributed by atoms with Crippen LogP contribution in [-0.2, 0) is 4.79 Å². The lowest BCUT2D eigenvalue weighted by molar-refractivity contribution is -0.127. The lowest BCUT2D eigenvalue weighted by atomic mass is 10.1. The summed E-state index contributed by atoms with van der Waals surface area (Å²) in [5.41, 5.74) is 6.64. The number of carbonyl (C=O) groups is 1. The molecule has 1 aromatic carbocycles. The monoisotopic (exact) mass is 248 g/mol.